The monoisotopic (exact) mass is 654 g/mol. The Balaban J connectivity index is 1.12. The maximum atomic E-state index is 6.19. The molecule has 50 heavy (non-hydrogen) atoms. The highest BCUT2D eigenvalue weighted by molar-refractivity contribution is 7.26. The molecule has 0 fully saturated rings. The van der Waals surface area contributed by atoms with Gasteiger partial charge in [-0.1, -0.05) is 109 Å². The minimum absolute atomic E-state index is 0.715. The number of rotatable bonds is 3. The Labute approximate surface area is 290 Å². The first-order chi connectivity index (χ1) is 24.7. The van der Waals surface area contributed by atoms with Crippen molar-refractivity contribution in [3.63, 3.8) is 0 Å². The SMILES string of the molecule is c1ccc2cc(-c3nc(-c4ccc(-c5ccc6c(c5)oc5ccccc56)cc4)nc4c3ccc3sc5cc6ccccc6cc5c34)ccc2c1. The fraction of sp³-hybridized carbons (Fsp3) is 0. The number of nitrogens with zero attached hydrogens (tertiary/aromatic N) is 2. The molecule has 0 atom stereocenters. The quantitative estimate of drug-likeness (QED) is 0.190. The standard InChI is InChI=1S/C46H26N2OS/c1-2-8-30-23-34(18-15-27(30)7-1)44-37-21-22-41-43(38-24-31-9-3-4-10-32(31)26-42(38)50-41)45(37)48-46(47-44)29-16-13-28(14-17-29)33-19-20-36-35-11-5-6-12-39(35)49-40(36)25-33/h1-26H. The summed E-state index contributed by atoms with van der Waals surface area (Å²) in [5.74, 6) is 0.715. The molecule has 0 aliphatic rings. The van der Waals surface area contributed by atoms with Crippen molar-refractivity contribution in [3.8, 4) is 33.8 Å². The number of furan rings is 1. The largest absolute Gasteiger partial charge is 0.456 e. The van der Waals surface area contributed by atoms with Gasteiger partial charge >= 0.3 is 0 Å². The Morgan fingerprint density at radius 2 is 1.06 bits per heavy atom. The maximum Gasteiger partial charge on any atom is 0.160 e. The molecule has 11 aromatic rings. The van der Waals surface area contributed by atoms with Crippen LogP contribution in [0.3, 0.4) is 0 Å². The van der Waals surface area contributed by atoms with Crippen LogP contribution in [0.2, 0.25) is 0 Å². The molecular formula is C46H26N2OS. The molecule has 0 N–H and O–H groups in total. The Kier molecular flexibility index (Phi) is 5.83. The predicted molar refractivity (Wildman–Crippen MR) is 211 cm³/mol. The van der Waals surface area contributed by atoms with Gasteiger partial charge < -0.3 is 4.42 Å². The fourth-order valence-electron chi connectivity index (χ4n) is 7.54. The summed E-state index contributed by atoms with van der Waals surface area (Å²) < 4.78 is 8.69. The van der Waals surface area contributed by atoms with Crippen molar-refractivity contribution in [2.75, 3.05) is 0 Å². The molecule has 8 aromatic carbocycles. The Morgan fingerprint density at radius 1 is 0.400 bits per heavy atom. The van der Waals surface area contributed by atoms with Gasteiger partial charge in [0, 0.05) is 47.5 Å². The fourth-order valence-corrected chi connectivity index (χ4v) is 8.68. The molecule has 0 bridgehead atoms. The van der Waals surface area contributed by atoms with Crippen LogP contribution >= 0.6 is 11.3 Å². The highest BCUT2D eigenvalue weighted by atomic mass is 32.1. The lowest BCUT2D eigenvalue weighted by Crippen LogP contribution is -1.96. The van der Waals surface area contributed by atoms with Crippen molar-refractivity contribution in [2.24, 2.45) is 0 Å². The smallest absolute Gasteiger partial charge is 0.160 e. The Morgan fingerprint density at radius 3 is 1.92 bits per heavy atom. The Hall–Kier alpha value is -6.36. The molecule has 0 radical (unpaired) electrons. The molecule has 3 aromatic heterocycles. The van der Waals surface area contributed by atoms with Crippen molar-refractivity contribution in [2.45, 2.75) is 0 Å². The van der Waals surface area contributed by atoms with Gasteiger partial charge in [-0.05, 0) is 81.2 Å². The van der Waals surface area contributed by atoms with E-state index in [1.54, 1.807) is 0 Å². The van der Waals surface area contributed by atoms with Crippen LogP contribution in [-0.2, 0) is 0 Å². The van der Waals surface area contributed by atoms with Crippen molar-refractivity contribution < 1.29 is 4.42 Å². The van der Waals surface area contributed by atoms with E-state index in [1.165, 1.54) is 41.7 Å². The van der Waals surface area contributed by atoms with Gasteiger partial charge in [0.15, 0.2) is 5.82 Å². The number of fused-ring (bicyclic) bond motifs is 10. The van der Waals surface area contributed by atoms with Crippen LogP contribution in [0.15, 0.2) is 162 Å². The zero-order valence-corrected chi connectivity index (χ0v) is 27.5. The summed E-state index contributed by atoms with van der Waals surface area (Å²) >= 11 is 1.83. The zero-order valence-electron chi connectivity index (χ0n) is 26.7. The number of benzene rings is 8. The van der Waals surface area contributed by atoms with Crippen LogP contribution in [0.1, 0.15) is 0 Å². The third kappa shape index (κ3) is 4.22. The average Bonchev–Trinajstić information content (AvgIpc) is 3.74. The van der Waals surface area contributed by atoms with Crippen LogP contribution in [-0.4, -0.2) is 9.97 Å². The average molecular weight is 655 g/mol. The summed E-state index contributed by atoms with van der Waals surface area (Å²) in [5.41, 5.74) is 8.01. The molecule has 3 heterocycles. The van der Waals surface area contributed by atoms with Crippen molar-refractivity contribution in [1.82, 2.24) is 9.97 Å². The summed E-state index contributed by atoms with van der Waals surface area (Å²) in [6.07, 6.45) is 0. The molecule has 0 saturated carbocycles. The summed E-state index contributed by atoms with van der Waals surface area (Å²) in [6, 6.07) is 56.1. The first kappa shape index (κ1) is 27.6. The first-order valence-corrected chi connectivity index (χ1v) is 17.6. The minimum Gasteiger partial charge on any atom is -0.456 e. The topological polar surface area (TPSA) is 38.9 Å². The second-order valence-corrected chi connectivity index (χ2v) is 14.1. The van der Waals surface area contributed by atoms with Gasteiger partial charge in [0.2, 0.25) is 0 Å². The third-order valence-electron chi connectivity index (χ3n) is 10.0. The molecule has 11 rings (SSSR count). The summed E-state index contributed by atoms with van der Waals surface area (Å²) in [5, 5.41) is 10.6. The molecular weight excluding hydrogens is 629 g/mol. The van der Waals surface area contributed by atoms with Crippen LogP contribution in [0.4, 0.5) is 0 Å². The lowest BCUT2D eigenvalue weighted by molar-refractivity contribution is 0.669. The van der Waals surface area contributed by atoms with Gasteiger partial charge in [-0.2, -0.15) is 0 Å². The van der Waals surface area contributed by atoms with E-state index in [0.29, 0.717) is 5.82 Å². The van der Waals surface area contributed by atoms with Gasteiger partial charge in [0.1, 0.15) is 11.2 Å². The molecule has 0 saturated heterocycles. The molecule has 0 unspecified atom stereocenters. The van der Waals surface area contributed by atoms with Gasteiger partial charge in [-0.25, -0.2) is 9.97 Å². The van der Waals surface area contributed by atoms with Crippen LogP contribution < -0.4 is 0 Å². The highest BCUT2D eigenvalue weighted by Crippen LogP contribution is 2.42. The van der Waals surface area contributed by atoms with E-state index in [0.717, 1.165) is 60.8 Å². The lowest BCUT2D eigenvalue weighted by Gasteiger charge is -2.12. The molecule has 0 spiro atoms. The van der Waals surface area contributed by atoms with Gasteiger partial charge in [-0.3, -0.25) is 0 Å². The van der Waals surface area contributed by atoms with Crippen molar-refractivity contribution in [3.05, 3.63) is 158 Å². The van der Waals surface area contributed by atoms with Gasteiger partial charge in [0.25, 0.3) is 0 Å². The summed E-state index contributed by atoms with van der Waals surface area (Å²) in [4.78, 5) is 10.7. The minimum atomic E-state index is 0.715. The van der Waals surface area contributed by atoms with E-state index >= 15 is 0 Å². The van der Waals surface area contributed by atoms with E-state index in [2.05, 4.69) is 146 Å². The van der Waals surface area contributed by atoms with Crippen molar-refractivity contribution >= 4 is 85.9 Å². The third-order valence-corrected chi connectivity index (χ3v) is 11.2. The molecule has 4 heteroatoms. The summed E-state index contributed by atoms with van der Waals surface area (Å²) in [6.45, 7) is 0. The Bertz CT molecular complexity index is 3150. The van der Waals surface area contributed by atoms with E-state index in [4.69, 9.17) is 14.4 Å². The van der Waals surface area contributed by atoms with Gasteiger partial charge in [-0.15, -0.1) is 11.3 Å². The first-order valence-electron chi connectivity index (χ1n) is 16.8. The van der Waals surface area contributed by atoms with Crippen LogP contribution in [0.5, 0.6) is 0 Å². The number of aromatic nitrogens is 2. The van der Waals surface area contributed by atoms with E-state index < -0.39 is 0 Å². The van der Waals surface area contributed by atoms with E-state index in [-0.39, 0.29) is 0 Å². The van der Waals surface area contributed by atoms with Crippen LogP contribution in [0.25, 0.3) is 108 Å². The van der Waals surface area contributed by atoms with E-state index in [1.807, 2.05) is 23.5 Å². The number of hydrogen-bond donors (Lipinski definition) is 0. The predicted octanol–water partition coefficient (Wildman–Crippen LogP) is 13.2. The van der Waals surface area contributed by atoms with E-state index in [9.17, 15) is 0 Å². The molecule has 232 valence electrons. The second-order valence-electron chi connectivity index (χ2n) is 13.0. The highest BCUT2D eigenvalue weighted by Gasteiger charge is 2.18. The second kappa shape index (κ2) is 10.6. The summed E-state index contributed by atoms with van der Waals surface area (Å²) in [7, 11) is 0. The number of para-hydroxylation sites is 1. The molecule has 0 aliphatic heterocycles. The normalized spacial score (nSPS) is 12.0. The zero-order chi connectivity index (χ0) is 32.8. The number of thiophene rings is 1. The van der Waals surface area contributed by atoms with Crippen LogP contribution in [0, 0.1) is 0 Å². The van der Waals surface area contributed by atoms with Gasteiger partial charge in [0.05, 0.1) is 11.2 Å². The lowest BCUT2D eigenvalue weighted by atomic mass is 9.99. The number of hydrogen-bond acceptors (Lipinski definition) is 4. The molecule has 0 aliphatic carbocycles. The molecule has 0 amide bonds. The molecule has 3 nitrogen and oxygen atoms in total. The van der Waals surface area contributed by atoms with Crippen molar-refractivity contribution in [1.29, 1.82) is 0 Å². The maximum absolute atomic E-state index is 6.19.